The minimum Gasteiger partial charge on any atom is -0.493 e. The van der Waals surface area contributed by atoms with E-state index in [-0.39, 0.29) is 5.78 Å². The Labute approximate surface area is 123 Å². The van der Waals surface area contributed by atoms with E-state index in [1.54, 1.807) is 29.8 Å². The summed E-state index contributed by atoms with van der Waals surface area (Å²) >= 11 is 1.74. The van der Waals surface area contributed by atoms with Gasteiger partial charge in [0, 0.05) is 18.1 Å². The van der Waals surface area contributed by atoms with Gasteiger partial charge in [0.1, 0.15) is 11.8 Å². The molecule has 1 saturated heterocycles. The molecule has 1 aliphatic heterocycles. The predicted molar refractivity (Wildman–Crippen MR) is 78.7 cm³/mol. The summed E-state index contributed by atoms with van der Waals surface area (Å²) in [7, 11) is 5.53. The SMILES string of the molecule is COc1cnn(CCN(C)C)c1C(=O)C1CSCCO1. The van der Waals surface area contributed by atoms with Gasteiger partial charge in [0.25, 0.3) is 0 Å². The van der Waals surface area contributed by atoms with Crippen molar-refractivity contribution >= 4 is 17.5 Å². The predicted octanol–water partition coefficient (Wildman–Crippen LogP) is 0.768. The number of ketones is 1. The van der Waals surface area contributed by atoms with Gasteiger partial charge < -0.3 is 14.4 Å². The Balaban J connectivity index is 2.18. The lowest BCUT2D eigenvalue weighted by atomic mass is 10.1. The summed E-state index contributed by atoms with van der Waals surface area (Å²) in [5.41, 5.74) is 0.516. The number of ether oxygens (including phenoxy) is 2. The van der Waals surface area contributed by atoms with E-state index in [4.69, 9.17) is 9.47 Å². The molecule has 1 unspecified atom stereocenters. The van der Waals surface area contributed by atoms with Crippen LogP contribution in [0.25, 0.3) is 0 Å². The lowest BCUT2D eigenvalue weighted by molar-refractivity contribution is 0.0505. The van der Waals surface area contributed by atoms with Gasteiger partial charge >= 0.3 is 0 Å². The highest BCUT2D eigenvalue weighted by Crippen LogP contribution is 2.23. The topological polar surface area (TPSA) is 56.6 Å². The summed E-state index contributed by atoms with van der Waals surface area (Å²) in [6.45, 7) is 2.08. The maximum absolute atomic E-state index is 12.6. The zero-order valence-corrected chi connectivity index (χ0v) is 13.0. The average Bonchev–Trinajstić information content (AvgIpc) is 2.88. The second-order valence-electron chi connectivity index (χ2n) is 4.89. The molecular weight excluding hydrogens is 278 g/mol. The molecule has 0 saturated carbocycles. The number of methoxy groups -OCH3 is 1. The molecule has 1 aromatic rings. The third-order valence-electron chi connectivity index (χ3n) is 3.13. The Bertz CT molecular complexity index is 456. The first-order chi connectivity index (χ1) is 9.63. The number of hydrogen-bond donors (Lipinski definition) is 0. The van der Waals surface area contributed by atoms with Crippen LogP contribution in [0.1, 0.15) is 10.5 Å². The first-order valence-corrected chi connectivity index (χ1v) is 7.77. The van der Waals surface area contributed by atoms with Crippen molar-refractivity contribution in [3.63, 3.8) is 0 Å². The lowest BCUT2D eigenvalue weighted by Crippen LogP contribution is -2.33. The minimum absolute atomic E-state index is 0.0368. The second-order valence-corrected chi connectivity index (χ2v) is 6.04. The molecule has 6 nitrogen and oxygen atoms in total. The van der Waals surface area contributed by atoms with E-state index < -0.39 is 6.10 Å². The number of carbonyl (C=O) groups is 1. The quantitative estimate of drug-likeness (QED) is 0.723. The highest BCUT2D eigenvalue weighted by Gasteiger charge is 2.29. The Hall–Kier alpha value is -1.05. The normalized spacial score (nSPS) is 19.3. The molecule has 20 heavy (non-hydrogen) atoms. The van der Waals surface area contributed by atoms with Crippen LogP contribution in [0.2, 0.25) is 0 Å². The molecule has 1 atom stereocenters. The van der Waals surface area contributed by atoms with Crippen LogP contribution in [0, 0.1) is 0 Å². The number of rotatable bonds is 6. The van der Waals surface area contributed by atoms with Crippen molar-refractivity contribution < 1.29 is 14.3 Å². The van der Waals surface area contributed by atoms with Gasteiger partial charge in [-0.05, 0) is 14.1 Å². The maximum Gasteiger partial charge on any atom is 0.214 e. The van der Waals surface area contributed by atoms with Crippen LogP contribution in [-0.4, -0.2) is 72.4 Å². The molecule has 0 radical (unpaired) electrons. The van der Waals surface area contributed by atoms with Gasteiger partial charge in [-0.2, -0.15) is 16.9 Å². The molecule has 0 bridgehead atoms. The van der Waals surface area contributed by atoms with Crippen LogP contribution < -0.4 is 4.74 Å². The molecule has 0 N–H and O–H groups in total. The summed E-state index contributed by atoms with van der Waals surface area (Å²) in [5.74, 6) is 2.13. The van der Waals surface area contributed by atoms with E-state index in [1.165, 1.54) is 0 Å². The average molecular weight is 299 g/mol. The van der Waals surface area contributed by atoms with E-state index in [2.05, 4.69) is 10.00 Å². The third-order valence-corrected chi connectivity index (χ3v) is 4.12. The van der Waals surface area contributed by atoms with Crippen LogP contribution in [0.3, 0.4) is 0 Å². The number of Topliss-reactive ketones (excluding diaryl/α,β-unsaturated/α-hetero) is 1. The molecule has 2 heterocycles. The Morgan fingerprint density at radius 1 is 1.65 bits per heavy atom. The molecule has 0 aromatic carbocycles. The molecule has 2 rings (SSSR count). The molecule has 0 amide bonds. The van der Waals surface area contributed by atoms with Crippen molar-refractivity contribution in [2.75, 3.05) is 45.9 Å². The lowest BCUT2D eigenvalue weighted by Gasteiger charge is -2.22. The van der Waals surface area contributed by atoms with Crippen LogP contribution in [0.5, 0.6) is 5.75 Å². The Kier molecular flexibility index (Phi) is 5.45. The van der Waals surface area contributed by atoms with Crippen LogP contribution in [0.4, 0.5) is 0 Å². The smallest absolute Gasteiger partial charge is 0.214 e. The summed E-state index contributed by atoms with van der Waals surface area (Å²) in [4.78, 5) is 14.7. The van der Waals surface area contributed by atoms with Crippen molar-refractivity contribution in [1.82, 2.24) is 14.7 Å². The van der Waals surface area contributed by atoms with E-state index in [1.807, 2.05) is 14.1 Å². The monoisotopic (exact) mass is 299 g/mol. The van der Waals surface area contributed by atoms with Crippen LogP contribution >= 0.6 is 11.8 Å². The number of thioether (sulfide) groups is 1. The first-order valence-electron chi connectivity index (χ1n) is 6.61. The van der Waals surface area contributed by atoms with Gasteiger partial charge in [-0.1, -0.05) is 0 Å². The Morgan fingerprint density at radius 2 is 2.45 bits per heavy atom. The van der Waals surface area contributed by atoms with Crippen molar-refractivity contribution in [3.05, 3.63) is 11.9 Å². The van der Waals surface area contributed by atoms with E-state index in [0.717, 1.165) is 12.3 Å². The molecule has 1 aromatic heterocycles. The van der Waals surface area contributed by atoms with Gasteiger partial charge in [0.2, 0.25) is 5.78 Å². The van der Waals surface area contributed by atoms with Gasteiger partial charge in [-0.25, -0.2) is 0 Å². The fourth-order valence-electron chi connectivity index (χ4n) is 2.02. The van der Waals surface area contributed by atoms with E-state index in [9.17, 15) is 4.79 Å². The van der Waals surface area contributed by atoms with Crippen molar-refractivity contribution in [2.24, 2.45) is 0 Å². The van der Waals surface area contributed by atoms with Crippen molar-refractivity contribution in [1.29, 1.82) is 0 Å². The number of carbonyl (C=O) groups excluding carboxylic acids is 1. The molecule has 0 aliphatic carbocycles. The van der Waals surface area contributed by atoms with Gasteiger partial charge in [-0.15, -0.1) is 0 Å². The molecular formula is C13H21N3O3S. The highest BCUT2D eigenvalue weighted by molar-refractivity contribution is 7.99. The number of aromatic nitrogens is 2. The Morgan fingerprint density at radius 3 is 3.05 bits per heavy atom. The zero-order valence-electron chi connectivity index (χ0n) is 12.2. The second kappa shape index (κ2) is 7.10. The van der Waals surface area contributed by atoms with Crippen LogP contribution in [0.15, 0.2) is 6.20 Å². The largest absolute Gasteiger partial charge is 0.493 e. The first kappa shape index (κ1) is 15.3. The van der Waals surface area contributed by atoms with Gasteiger partial charge in [0.05, 0.1) is 26.5 Å². The summed E-state index contributed by atoms with van der Waals surface area (Å²) in [6, 6.07) is 0. The molecule has 0 spiro atoms. The van der Waals surface area contributed by atoms with E-state index in [0.29, 0.717) is 30.3 Å². The van der Waals surface area contributed by atoms with Crippen LogP contribution in [-0.2, 0) is 11.3 Å². The molecule has 1 aliphatic rings. The fraction of sp³-hybridized carbons (Fsp3) is 0.692. The number of hydrogen-bond acceptors (Lipinski definition) is 6. The molecule has 112 valence electrons. The third kappa shape index (κ3) is 3.53. The summed E-state index contributed by atoms with van der Waals surface area (Å²) < 4.78 is 12.5. The minimum atomic E-state index is -0.391. The number of likely N-dealkylation sites (N-methyl/N-ethyl adjacent to an activating group) is 1. The summed E-state index contributed by atoms with van der Waals surface area (Å²) in [6.07, 6.45) is 1.20. The molecule has 7 heteroatoms. The fourth-order valence-corrected chi connectivity index (χ4v) is 2.86. The van der Waals surface area contributed by atoms with Gasteiger partial charge in [-0.3, -0.25) is 9.48 Å². The van der Waals surface area contributed by atoms with Crippen molar-refractivity contribution in [3.8, 4) is 5.75 Å². The maximum atomic E-state index is 12.6. The molecule has 1 fully saturated rings. The standard InChI is InChI=1S/C13H21N3O3S/c1-15(2)4-5-16-12(10(18-3)8-14-16)13(17)11-9-20-7-6-19-11/h8,11H,4-7,9H2,1-3H3. The van der Waals surface area contributed by atoms with Gasteiger partial charge in [0.15, 0.2) is 5.75 Å². The zero-order chi connectivity index (χ0) is 14.5. The van der Waals surface area contributed by atoms with E-state index >= 15 is 0 Å². The number of nitrogens with zero attached hydrogens (tertiary/aromatic N) is 3. The summed E-state index contributed by atoms with van der Waals surface area (Å²) in [5, 5.41) is 4.26. The van der Waals surface area contributed by atoms with Crippen molar-refractivity contribution in [2.45, 2.75) is 12.6 Å². The highest BCUT2D eigenvalue weighted by atomic mass is 32.2.